The Kier molecular flexibility index (Phi) is 4.48. The van der Waals surface area contributed by atoms with Crippen LogP contribution in [-0.2, 0) is 9.59 Å². The summed E-state index contributed by atoms with van der Waals surface area (Å²) in [5.41, 5.74) is -1.36. The van der Waals surface area contributed by atoms with E-state index in [0.29, 0.717) is 0 Å². The van der Waals surface area contributed by atoms with Gasteiger partial charge in [0.25, 0.3) is 0 Å². The second kappa shape index (κ2) is 5.34. The Balaban J connectivity index is 3.03. The van der Waals surface area contributed by atoms with Gasteiger partial charge in [0.1, 0.15) is 5.41 Å². The molecule has 7 heteroatoms. The molecule has 1 aromatic rings. The number of nitrogens with one attached hydrogen (secondary N) is 1. The van der Waals surface area contributed by atoms with E-state index >= 15 is 0 Å². The molecule has 0 aliphatic rings. The number of rotatable bonds is 3. The molecular formula is C11H10Cl3NO3. The number of amides is 1. The van der Waals surface area contributed by atoms with Crippen molar-refractivity contribution in [2.24, 2.45) is 5.41 Å². The monoisotopic (exact) mass is 309 g/mol. The van der Waals surface area contributed by atoms with Gasteiger partial charge in [-0.3, -0.25) is 9.59 Å². The van der Waals surface area contributed by atoms with Crippen molar-refractivity contribution in [2.75, 3.05) is 5.32 Å². The van der Waals surface area contributed by atoms with Crippen molar-refractivity contribution < 1.29 is 14.7 Å². The highest BCUT2D eigenvalue weighted by Gasteiger charge is 2.36. The van der Waals surface area contributed by atoms with Gasteiger partial charge in [-0.2, -0.15) is 0 Å². The maximum Gasteiger partial charge on any atom is 0.318 e. The van der Waals surface area contributed by atoms with Gasteiger partial charge in [-0.05, 0) is 26.0 Å². The summed E-state index contributed by atoms with van der Waals surface area (Å²) in [4.78, 5) is 22.7. The number of carbonyl (C=O) groups is 2. The molecule has 18 heavy (non-hydrogen) atoms. The van der Waals surface area contributed by atoms with E-state index in [1.807, 2.05) is 0 Å². The smallest absolute Gasteiger partial charge is 0.318 e. The van der Waals surface area contributed by atoms with E-state index in [1.54, 1.807) is 0 Å². The lowest BCUT2D eigenvalue weighted by molar-refractivity contribution is -0.151. The second-order valence-electron chi connectivity index (χ2n) is 4.13. The minimum absolute atomic E-state index is 0.180. The molecule has 2 N–H and O–H groups in total. The van der Waals surface area contributed by atoms with Gasteiger partial charge in [-0.1, -0.05) is 34.8 Å². The average Bonchev–Trinajstić information content (AvgIpc) is 2.25. The zero-order chi connectivity index (χ0) is 14.1. The number of hydrogen-bond donors (Lipinski definition) is 2. The van der Waals surface area contributed by atoms with Crippen LogP contribution in [0.4, 0.5) is 5.69 Å². The molecule has 0 aliphatic heterocycles. The fraction of sp³-hybridized carbons (Fsp3) is 0.273. The van der Waals surface area contributed by atoms with Crippen LogP contribution in [0.1, 0.15) is 13.8 Å². The number of hydrogen-bond acceptors (Lipinski definition) is 2. The maximum absolute atomic E-state index is 11.8. The molecule has 1 aromatic carbocycles. The molecule has 0 aliphatic carbocycles. The Morgan fingerprint density at radius 2 is 1.61 bits per heavy atom. The van der Waals surface area contributed by atoms with E-state index in [0.717, 1.165) is 0 Å². The summed E-state index contributed by atoms with van der Waals surface area (Å²) >= 11 is 17.4. The zero-order valence-corrected chi connectivity index (χ0v) is 11.8. The molecule has 0 fully saturated rings. The average molecular weight is 311 g/mol. The summed E-state index contributed by atoms with van der Waals surface area (Å²) in [5.74, 6) is -1.94. The van der Waals surface area contributed by atoms with Crippen LogP contribution < -0.4 is 5.32 Å². The summed E-state index contributed by atoms with van der Waals surface area (Å²) in [5, 5.41) is 12.0. The van der Waals surface area contributed by atoms with E-state index in [9.17, 15) is 9.59 Å². The molecule has 1 amide bonds. The van der Waals surface area contributed by atoms with E-state index < -0.39 is 17.3 Å². The van der Waals surface area contributed by atoms with E-state index in [2.05, 4.69) is 5.32 Å². The third kappa shape index (κ3) is 3.07. The first kappa shape index (κ1) is 15.1. The summed E-state index contributed by atoms with van der Waals surface area (Å²) < 4.78 is 0. The van der Waals surface area contributed by atoms with Crippen LogP contribution in [0, 0.1) is 5.41 Å². The minimum Gasteiger partial charge on any atom is -0.480 e. The van der Waals surface area contributed by atoms with Gasteiger partial charge in [0, 0.05) is 0 Å². The van der Waals surface area contributed by atoms with Gasteiger partial charge in [0.2, 0.25) is 5.91 Å². The van der Waals surface area contributed by atoms with Crippen LogP contribution in [-0.4, -0.2) is 17.0 Å². The van der Waals surface area contributed by atoms with E-state index in [1.165, 1.54) is 26.0 Å². The lowest BCUT2D eigenvalue weighted by Crippen LogP contribution is -2.37. The Morgan fingerprint density at radius 1 is 1.11 bits per heavy atom. The summed E-state index contributed by atoms with van der Waals surface area (Å²) in [6.07, 6.45) is 0. The fourth-order valence-corrected chi connectivity index (χ4v) is 1.59. The number of carboxylic acids is 1. The molecule has 0 saturated carbocycles. The van der Waals surface area contributed by atoms with Crippen LogP contribution in [0.3, 0.4) is 0 Å². The molecule has 0 aromatic heterocycles. The first-order valence-corrected chi connectivity index (χ1v) is 5.99. The normalized spacial score (nSPS) is 11.2. The van der Waals surface area contributed by atoms with Crippen LogP contribution in [0.15, 0.2) is 12.1 Å². The zero-order valence-electron chi connectivity index (χ0n) is 9.55. The number of carboxylic acid groups (broad SMARTS) is 1. The molecule has 0 saturated heterocycles. The maximum atomic E-state index is 11.8. The van der Waals surface area contributed by atoms with Crippen LogP contribution >= 0.6 is 34.8 Å². The molecule has 0 bridgehead atoms. The minimum atomic E-state index is -1.57. The van der Waals surface area contributed by atoms with Crippen molar-refractivity contribution in [1.82, 2.24) is 0 Å². The summed E-state index contributed by atoms with van der Waals surface area (Å²) in [6.45, 7) is 2.58. The Bertz CT molecular complexity index is 515. The van der Waals surface area contributed by atoms with E-state index in [-0.39, 0.29) is 20.8 Å². The first-order valence-electron chi connectivity index (χ1n) is 4.85. The third-order valence-electron chi connectivity index (χ3n) is 2.36. The molecule has 0 spiro atoms. The van der Waals surface area contributed by atoms with Crippen LogP contribution in [0.2, 0.25) is 15.1 Å². The predicted molar refractivity (Wildman–Crippen MR) is 71.5 cm³/mol. The van der Waals surface area contributed by atoms with Gasteiger partial charge >= 0.3 is 5.97 Å². The van der Waals surface area contributed by atoms with Crippen molar-refractivity contribution in [3.05, 3.63) is 27.2 Å². The Labute approximate surface area is 119 Å². The van der Waals surface area contributed by atoms with Gasteiger partial charge in [-0.15, -0.1) is 0 Å². The fourth-order valence-electron chi connectivity index (χ4n) is 0.994. The molecule has 98 valence electrons. The van der Waals surface area contributed by atoms with Crippen molar-refractivity contribution in [3.8, 4) is 0 Å². The number of halogens is 3. The molecule has 0 unspecified atom stereocenters. The molecule has 0 heterocycles. The predicted octanol–water partition coefficient (Wildman–Crippen LogP) is 3.70. The highest BCUT2D eigenvalue weighted by molar-refractivity contribution is 6.44. The number of aliphatic carboxylic acids is 1. The number of carbonyl (C=O) groups excluding carboxylic acids is 1. The lowest BCUT2D eigenvalue weighted by Gasteiger charge is -2.19. The number of anilines is 1. The van der Waals surface area contributed by atoms with Gasteiger partial charge < -0.3 is 10.4 Å². The molecule has 1 rings (SSSR count). The lowest BCUT2D eigenvalue weighted by atomic mass is 9.92. The SMILES string of the molecule is CC(C)(C(=O)O)C(=O)Nc1cc(Cl)c(Cl)cc1Cl. The molecular weight excluding hydrogens is 300 g/mol. The largest absolute Gasteiger partial charge is 0.480 e. The van der Waals surface area contributed by atoms with Crippen LogP contribution in [0.5, 0.6) is 0 Å². The van der Waals surface area contributed by atoms with Crippen molar-refractivity contribution in [3.63, 3.8) is 0 Å². The molecule has 0 radical (unpaired) electrons. The highest BCUT2D eigenvalue weighted by atomic mass is 35.5. The number of benzene rings is 1. The standard InChI is InChI=1S/C11H10Cl3NO3/c1-11(2,10(17)18)9(16)15-8-4-6(13)5(12)3-7(8)14/h3-4H,1-2H3,(H,15,16)(H,17,18). The van der Waals surface area contributed by atoms with E-state index in [4.69, 9.17) is 39.9 Å². The van der Waals surface area contributed by atoms with Gasteiger partial charge in [0.15, 0.2) is 0 Å². The quantitative estimate of drug-likeness (QED) is 0.661. The topological polar surface area (TPSA) is 66.4 Å². The first-order chi connectivity index (χ1) is 8.16. The van der Waals surface area contributed by atoms with Crippen molar-refractivity contribution in [1.29, 1.82) is 0 Å². The van der Waals surface area contributed by atoms with Gasteiger partial charge in [-0.25, -0.2) is 0 Å². The van der Waals surface area contributed by atoms with Crippen molar-refractivity contribution >= 4 is 52.4 Å². The van der Waals surface area contributed by atoms with Gasteiger partial charge in [0.05, 0.1) is 20.8 Å². The highest BCUT2D eigenvalue weighted by Crippen LogP contribution is 2.33. The van der Waals surface area contributed by atoms with Crippen LogP contribution in [0.25, 0.3) is 0 Å². The Morgan fingerprint density at radius 3 is 2.11 bits per heavy atom. The third-order valence-corrected chi connectivity index (χ3v) is 3.40. The summed E-state index contributed by atoms with van der Waals surface area (Å²) in [6, 6.07) is 2.73. The Hall–Kier alpha value is -0.970. The summed E-state index contributed by atoms with van der Waals surface area (Å²) in [7, 11) is 0. The van der Waals surface area contributed by atoms with Crippen molar-refractivity contribution in [2.45, 2.75) is 13.8 Å². The molecule has 4 nitrogen and oxygen atoms in total. The molecule has 0 atom stereocenters. The second-order valence-corrected chi connectivity index (χ2v) is 5.35.